The van der Waals surface area contributed by atoms with Crippen LogP contribution in [-0.4, -0.2) is 65.3 Å². The standard InChI is InChI=1S/C28H31FN4O5/c1-19-12-25(30-33(19)22-14-28(15-22)17-31(18-28)26(34)35)23-9-8-21(13-24(23)29)32(10-11-37-2)27(36)38-16-20-6-4-3-5-7-20/h3-9,12-13,22H,10-11,14-18H2,1-2H3,(H,34,35). The number of ether oxygens (including phenoxy) is 2. The topological polar surface area (TPSA) is 97.1 Å². The Bertz CT molecular complexity index is 1310. The minimum Gasteiger partial charge on any atom is -0.465 e. The first-order chi connectivity index (χ1) is 18.3. The molecule has 1 aliphatic heterocycles. The molecule has 0 bridgehead atoms. The third kappa shape index (κ3) is 5.08. The molecule has 1 spiro atoms. The smallest absolute Gasteiger partial charge is 0.414 e. The van der Waals surface area contributed by atoms with E-state index >= 15 is 4.39 Å². The van der Waals surface area contributed by atoms with Crippen molar-refractivity contribution in [3.05, 3.63) is 71.7 Å². The molecule has 2 aromatic carbocycles. The van der Waals surface area contributed by atoms with E-state index in [1.807, 2.05) is 48.0 Å². The molecule has 1 saturated carbocycles. The van der Waals surface area contributed by atoms with E-state index in [1.54, 1.807) is 12.1 Å². The van der Waals surface area contributed by atoms with Crippen LogP contribution >= 0.6 is 0 Å². The Morgan fingerprint density at radius 2 is 1.89 bits per heavy atom. The number of benzene rings is 2. The summed E-state index contributed by atoms with van der Waals surface area (Å²) in [5.74, 6) is -0.494. The van der Waals surface area contributed by atoms with Gasteiger partial charge in [-0.05, 0) is 49.6 Å². The number of carbonyl (C=O) groups excluding carboxylic acids is 1. The number of halogens is 1. The molecular formula is C28H31FN4O5. The van der Waals surface area contributed by atoms with Crippen molar-refractivity contribution in [1.82, 2.24) is 14.7 Å². The minimum absolute atomic E-state index is 0.0509. The lowest BCUT2D eigenvalue weighted by atomic mass is 9.61. The van der Waals surface area contributed by atoms with E-state index in [0.717, 1.165) is 24.1 Å². The van der Waals surface area contributed by atoms with Crippen LogP contribution in [0.15, 0.2) is 54.6 Å². The Labute approximate surface area is 220 Å². The zero-order chi connectivity index (χ0) is 26.9. The summed E-state index contributed by atoms with van der Waals surface area (Å²) in [5.41, 5.74) is 3.05. The maximum Gasteiger partial charge on any atom is 0.414 e. The van der Waals surface area contributed by atoms with E-state index < -0.39 is 18.0 Å². The summed E-state index contributed by atoms with van der Waals surface area (Å²) in [7, 11) is 1.53. The van der Waals surface area contributed by atoms with Gasteiger partial charge in [-0.2, -0.15) is 5.10 Å². The van der Waals surface area contributed by atoms with Gasteiger partial charge in [0.25, 0.3) is 0 Å². The Balaban J connectivity index is 1.28. The fourth-order valence-corrected chi connectivity index (χ4v) is 5.44. The maximum atomic E-state index is 15.4. The number of methoxy groups -OCH3 is 1. The molecule has 3 aromatic rings. The summed E-state index contributed by atoms with van der Waals surface area (Å²) in [6.45, 7) is 3.65. The van der Waals surface area contributed by atoms with Gasteiger partial charge in [0.05, 0.1) is 30.6 Å². The fraction of sp³-hybridized carbons (Fsp3) is 0.393. The highest BCUT2D eigenvalue weighted by molar-refractivity contribution is 5.88. The number of rotatable bonds is 8. The molecule has 1 saturated heterocycles. The van der Waals surface area contributed by atoms with Gasteiger partial charge >= 0.3 is 12.2 Å². The van der Waals surface area contributed by atoms with Crippen molar-refractivity contribution in [3.8, 4) is 11.3 Å². The third-order valence-corrected chi connectivity index (χ3v) is 7.41. The summed E-state index contributed by atoms with van der Waals surface area (Å²) in [5, 5.41) is 13.8. The number of nitrogens with zero attached hydrogens (tertiary/aromatic N) is 4. The molecule has 38 heavy (non-hydrogen) atoms. The summed E-state index contributed by atoms with van der Waals surface area (Å²) in [6, 6.07) is 16.0. The zero-order valence-electron chi connectivity index (χ0n) is 21.5. The quantitative estimate of drug-likeness (QED) is 0.442. The number of aryl methyl sites for hydroxylation is 1. The highest BCUT2D eigenvalue weighted by Crippen LogP contribution is 2.54. The van der Waals surface area contributed by atoms with Crippen LogP contribution < -0.4 is 4.90 Å². The van der Waals surface area contributed by atoms with E-state index in [4.69, 9.17) is 14.6 Å². The molecule has 1 N–H and O–H groups in total. The number of carbonyl (C=O) groups is 2. The number of hydrogen-bond donors (Lipinski definition) is 1. The van der Waals surface area contributed by atoms with E-state index in [9.17, 15) is 9.59 Å². The molecule has 0 unspecified atom stereocenters. The van der Waals surface area contributed by atoms with Crippen molar-refractivity contribution in [2.24, 2.45) is 5.41 Å². The van der Waals surface area contributed by atoms with Gasteiger partial charge in [-0.25, -0.2) is 14.0 Å². The van der Waals surface area contributed by atoms with Crippen molar-refractivity contribution in [1.29, 1.82) is 0 Å². The summed E-state index contributed by atoms with van der Waals surface area (Å²) in [6.07, 6.45) is 0.259. The van der Waals surface area contributed by atoms with Gasteiger partial charge in [-0.1, -0.05) is 30.3 Å². The number of likely N-dealkylation sites (tertiary alicyclic amines) is 1. The van der Waals surface area contributed by atoms with E-state index in [0.29, 0.717) is 30.0 Å². The first-order valence-electron chi connectivity index (χ1n) is 12.6. The van der Waals surface area contributed by atoms with Gasteiger partial charge in [0, 0.05) is 36.9 Å². The summed E-state index contributed by atoms with van der Waals surface area (Å²) >= 11 is 0. The molecule has 10 heteroatoms. The van der Waals surface area contributed by atoms with Gasteiger partial charge in [0.1, 0.15) is 12.4 Å². The van der Waals surface area contributed by atoms with Crippen LogP contribution in [0.1, 0.15) is 30.1 Å². The Morgan fingerprint density at radius 1 is 1.16 bits per heavy atom. The van der Waals surface area contributed by atoms with Gasteiger partial charge in [-0.15, -0.1) is 0 Å². The van der Waals surface area contributed by atoms with Gasteiger partial charge in [0.2, 0.25) is 0 Å². The number of aromatic nitrogens is 2. The molecule has 2 amide bonds. The minimum atomic E-state index is -0.874. The lowest BCUT2D eigenvalue weighted by Gasteiger charge is -2.58. The second-order valence-corrected chi connectivity index (χ2v) is 10.2. The molecule has 5 rings (SSSR count). The lowest BCUT2D eigenvalue weighted by Crippen LogP contribution is -2.63. The van der Waals surface area contributed by atoms with Gasteiger partial charge in [0.15, 0.2) is 0 Å². The number of carboxylic acid groups (broad SMARTS) is 1. The van der Waals surface area contributed by atoms with Gasteiger partial charge in [-0.3, -0.25) is 9.58 Å². The molecule has 0 radical (unpaired) electrons. The Kier molecular flexibility index (Phi) is 7.07. The summed E-state index contributed by atoms with van der Waals surface area (Å²) in [4.78, 5) is 26.7. The number of anilines is 1. The van der Waals surface area contributed by atoms with Crippen molar-refractivity contribution in [2.45, 2.75) is 32.4 Å². The van der Waals surface area contributed by atoms with Gasteiger partial charge < -0.3 is 19.5 Å². The lowest BCUT2D eigenvalue weighted by molar-refractivity contribution is -0.0775. The first-order valence-corrected chi connectivity index (χ1v) is 12.6. The average molecular weight is 523 g/mol. The molecule has 2 heterocycles. The van der Waals surface area contributed by atoms with Crippen molar-refractivity contribution in [2.75, 3.05) is 38.3 Å². The van der Waals surface area contributed by atoms with Crippen LogP contribution in [0.3, 0.4) is 0 Å². The molecule has 0 atom stereocenters. The van der Waals surface area contributed by atoms with Crippen LogP contribution in [0.4, 0.5) is 19.7 Å². The molecule has 200 valence electrons. The molecular weight excluding hydrogens is 491 g/mol. The molecule has 1 aliphatic carbocycles. The predicted molar refractivity (Wildman–Crippen MR) is 139 cm³/mol. The third-order valence-electron chi connectivity index (χ3n) is 7.41. The van der Waals surface area contributed by atoms with Crippen LogP contribution in [0.5, 0.6) is 0 Å². The van der Waals surface area contributed by atoms with E-state index in [1.165, 1.54) is 23.0 Å². The normalized spacial score (nSPS) is 16.1. The Morgan fingerprint density at radius 3 is 2.55 bits per heavy atom. The van der Waals surface area contributed by atoms with Crippen molar-refractivity contribution < 1.29 is 28.6 Å². The zero-order valence-corrected chi connectivity index (χ0v) is 21.5. The van der Waals surface area contributed by atoms with Crippen LogP contribution in [0.2, 0.25) is 0 Å². The first kappa shape index (κ1) is 25.7. The van der Waals surface area contributed by atoms with Crippen LogP contribution in [0, 0.1) is 18.2 Å². The van der Waals surface area contributed by atoms with Crippen molar-refractivity contribution >= 4 is 17.9 Å². The van der Waals surface area contributed by atoms with Crippen molar-refractivity contribution in [3.63, 3.8) is 0 Å². The van der Waals surface area contributed by atoms with Crippen LogP contribution in [0.25, 0.3) is 11.3 Å². The molecule has 2 aliphatic rings. The second kappa shape index (κ2) is 10.4. The van der Waals surface area contributed by atoms with E-state index in [-0.39, 0.29) is 31.2 Å². The Hall–Kier alpha value is -3.92. The summed E-state index contributed by atoms with van der Waals surface area (Å²) < 4.78 is 27.9. The molecule has 1 aromatic heterocycles. The number of hydrogen-bond acceptors (Lipinski definition) is 5. The highest BCUT2D eigenvalue weighted by Gasteiger charge is 2.54. The highest BCUT2D eigenvalue weighted by atomic mass is 19.1. The number of amides is 2. The maximum absolute atomic E-state index is 15.4. The monoisotopic (exact) mass is 522 g/mol. The fourth-order valence-electron chi connectivity index (χ4n) is 5.44. The predicted octanol–water partition coefficient (Wildman–Crippen LogP) is 5.10. The van der Waals surface area contributed by atoms with Crippen LogP contribution in [-0.2, 0) is 16.1 Å². The second-order valence-electron chi connectivity index (χ2n) is 10.2. The largest absolute Gasteiger partial charge is 0.465 e. The molecule has 2 fully saturated rings. The molecule has 9 nitrogen and oxygen atoms in total. The average Bonchev–Trinajstić information content (AvgIpc) is 3.22. The SMILES string of the molecule is COCCN(C(=O)OCc1ccccc1)c1ccc(-c2cc(C)n(C3CC4(C3)CN(C(=O)O)C4)n2)c(F)c1. The van der Waals surface area contributed by atoms with E-state index in [2.05, 4.69) is 5.10 Å².